The van der Waals surface area contributed by atoms with Gasteiger partial charge in [-0.05, 0) is 95.8 Å². The molecule has 0 fully saturated rings. The molecule has 3 aromatic rings. The van der Waals surface area contributed by atoms with Crippen LogP contribution in [0.15, 0.2) is 66.2 Å². The topological polar surface area (TPSA) is 138 Å². The number of hydrogen-bond donors (Lipinski definition) is 3. The van der Waals surface area contributed by atoms with Crippen molar-refractivity contribution >= 4 is 57.8 Å². The molecule has 0 aliphatic rings. The molecule has 0 atom stereocenters. The number of halogens is 2. The van der Waals surface area contributed by atoms with Crippen molar-refractivity contribution in [1.29, 1.82) is 5.26 Å². The molecule has 9 nitrogen and oxygen atoms in total. The van der Waals surface area contributed by atoms with E-state index in [-0.39, 0.29) is 30.0 Å². The largest absolute Gasteiger partial charge is 0.490 e. The van der Waals surface area contributed by atoms with Gasteiger partial charge in [-0.3, -0.25) is 9.59 Å². The summed E-state index contributed by atoms with van der Waals surface area (Å²) in [7, 11) is 0. The van der Waals surface area contributed by atoms with Crippen molar-refractivity contribution in [2.24, 2.45) is 0 Å². The van der Waals surface area contributed by atoms with Gasteiger partial charge < -0.3 is 25.2 Å². The molecule has 0 aromatic heterocycles. The van der Waals surface area contributed by atoms with Crippen LogP contribution < -0.4 is 20.1 Å². The number of anilines is 2. The van der Waals surface area contributed by atoms with Crippen LogP contribution in [-0.2, 0) is 9.59 Å². The number of hydrogen-bond acceptors (Lipinski definition) is 6. The number of carbonyl (C=O) groups excluding carboxylic acids is 2. The zero-order valence-electron chi connectivity index (χ0n) is 20.0. The number of nitrogens with zero attached hydrogens (tertiary/aromatic N) is 1. The fraction of sp³-hybridized carbons (Fsp3) is 0.111. The Kier molecular flexibility index (Phi) is 9.78. The lowest BCUT2D eigenvalue weighted by Gasteiger charge is -2.15. The van der Waals surface area contributed by atoms with Crippen LogP contribution in [0, 0.1) is 20.7 Å². The molecule has 0 radical (unpaired) electrons. The standard InChI is InChI=1S/C27H21FIN3O6/c1-2-37-23-12-16(10-18(14-30)26(34)32-21-5-3-4-17(13-21)27(35)36)11-22(29)25(23)38-15-24(33)31-20-8-6-19(28)7-9-20/h3-13H,2,15H2,1H3,(H,31,33)(H,32,34)(H,35,36)/b18-10-. The highest BCUT2D eigenvalue weighted by atomic mass is 127. The molecular formula is C27H21FIN3O6. The Morgan fingerprint density at radius 2 is 1.79 bits per heavy atom. The molecule has 194 valence electrons. The first kappa shape index (κ1) is 28.1. The van der Waals surface area contributed by atoms with Crippen molar-refractivity contribution in [2.45, 2.75) is 6.92 Å². The Bertz CT molecular complexity index is 1430. The molecule has 3 N–H and O–H groups in total. The first-order chi connectivity index (χ1) is 18.2. The summed E-state index contributed by atoms with van der Waals surface area (Å²) in [4.78, 5) is 36.1. The van der Waals surface area contributed by atoms with E-state index in [0.717, 1.165) is 0 Å². The highest BCUT2D eigenvalue weighted by molar-refractivity contribution is 14.1. The van der Waals surface area contributed by atoms with Crippen LogP contribution in [0.4, 0.5) is 15.8 Å². The second-order valence-corrected chi connectivity index (χ2v) is 8.78. The van der Waals surface area contributed by atoms with E-state index in [1.165, 1.54) is 54.6 Å². The molecule has 3 rings (SSSR count). The summed E-state index contributed by atoms with van der Waals surface area (Å²) in [6.07, 6.45) is 1.35. The zero-order chi connectivity index (χ0) is 27.7. The van der Waals surface area contributed by atoms with Crippen molar-refractivity contribution in [3.05, 3.63) is 86.8 Å². The van der Waals surface area contributed by atoms with Crippen LogP contribution in [0.3, 0.4) is 0 Å². The highest BCUT2D eigenvalue weighted by Crippen LogP contribution is 2.35. The third-order valence-electron chi connectivity index (χ3n) is 4.85. The maximum absolute atomic E-state index is 13.1. The van der Waals surface area contributed by atoms with Gasteiger partial charge in [-0.25, -0.2) is 9.18 Å². The predicted molar refractivity (Wildman–Crippen MR) is 146 cm³/mol. The summed E-state index contributed by atoms with van der Waals surface area (Å²) >= 11 is 1.98. The van der Waals surface area contributed by atoms with E-state index in [1.54, 1.807) is 19.1 Å². The number of benzene rings is 3. The summed E-state index contributed by atoms with van der Waals surface area (Å²) < 4.78 is 25.0. The van der Waals surface area contributed by atoms with Crippen molar-refractivity contribution < 1.29 is 33.4 Å². The molecule has 0 saturated heterocycles. The molecule has 0 spiro atoms. The van der Waals surface area contributed by atoms with Crippen LogP contribution in [0.5, 0.6) is 11.5 Å². The van der Waals surface area contributed by atoms with E-state index in [9.17, 15) is 24.0 Å². The van der Waals surface area contributed by atoms with E-state index < -0.39 is 23.6 Å². The normalized spacial score (nSPS) is 10.7. The Hall–Kier alpha value is -4.44. The average molecular weight is 629 g/mol. The van der Waals surface area contributed by atoms with Gasteiger partial charge in [-0.2, -0.15) is 5.26 Å². The molecule has 0 heterocycles. The Morgan fingerprint density at radius 3 is 2.45 bits per heavy atom. The van der Waals surface area contributed by atoms with Gasteiger partial charge in [0.1, 0.15) is 17.5 Å². The number of carboxylic acids is 1. The summed E-state index contributed by atoms with van der Waals surface area (Å²) in [5.41, 5.74) is 0.868. The van der Waals surface area contributed by atoms with E-state index in [4.69, 9.17) is 14.6 Å². The number of aromatic carboxylic acids is 1. The molecular weight excluding hydrogens is 608 g/mol. The zero-order valence-corrected chi connectivity index (χ0v) is 22.1. The number of amides is 2. The van der Waals surface area contributed by atoms with Gasteiger partial charge in [0.25, 0.3) is 11.8 Å². The molecule has 0 saturated carbocycles. The summed E-state index contributed by atoms with van der Waals surface area (Å²) in [5.74, 6) is -2.16. The highest BCUT2D eigenvalue weighted by Gasteiger charge is 2.16. The fourth-order valence-corrected chi connectivity index (χ4v) is 3.97. The van der Waals surface area contributed by atoms with Crippen LogP contribution in [0.2, 0.25) is 0 Å². The first-order valence-corrected chi connectivity index (χ1v) is 12.2. The number of nitrogens with one attached hydrogen (secondary N) is 2. The van der Waals surface area contributed by atoms with Crippen molar-refractivity contribution in [3.8, 4) is 17.6 Å². The minimum Gasteiger partial charge on any atom is -0.490 e. The van der Waals surface area contributed by atoms with Gasteiger partial charge in [-0.15, -0.1) is 0 Å². The van der Waals surface area contributed by atoms with Gasteiger partial charge in [0, 0.05) is 11.4 Å². The maximum Gasteiger partial charge on any atom is 0.335 e. The Balaban J connectivity index is 1.77. The third kappa shape index (κ3) is 7.78. The maximum atomic E-state index is 13.1. The monoisotopic (exact) mass is 629 g/mol. The summed E-state index contributed by atoms with van der Waals surface area (Å²) in [5, 5.41) is 23.8. The number of rotatable bonds is 10. The summed E-state index contributed by atoms with van der Waals surface area (Å²) in [6.45, 7) is 1.70. The van der Waals surface area contributed by atoms with Gasteiger partial charge in [-0.1, -0.05) is 6.07 Å². The molecule has 0 bridgehead atoms. The number of carboxylic acid groups (broad SMARTS) is 1. The fourth-order valence-electron chi connectivity index (χ4n) is 3.19. The van der Waals surface area contributed by atoms with Gasteiger partial charge >= 0.3 is 5.97 Å². The van der Waals surface area contributed by atoms with Crippen molar-refractivity contribution in [1.82, 2.24) is 0 Å². The lowest BCUT2D eigenvalue weighted by Crippen LogP contribution is -2.20. The molecule has 0 aliphatic carbocycles. The quantitative estimate of drug-likeness (QED) is 0.161. The lowest BCUT2D eigenvalue weighted by atomic mass is 10.1. The molecule has 3 aromatic carbocycles. The molecule has 38 heavy (non-hydrogen) atoms. The van der Waals surface area contributed by atoms with E-state index in [1.807, 2.05) is 28.7 Å². The first-order valence-electron chi connectivity index (χ1n) is 11.1. The van der Waals surface area contributed by atoms with Crippen molar-refractivity contribution in [3.63, 3.8) is 0 Å². The minimum atomic E-state index is -1.15. The molecule has 11 heteroatoms. The molecule has 0 unspecified atom stereocenters. The second kappa shape index (κ2) is 13.2. The average Bonchev–Trinajstić information content (AvgIpc) is 2.88. The minimum absolute atomic E-state index is 0.0110. The van der Waals surface area contributed by atoms with Gasteiger partial charge in [0.2, 0.25) is 0 Å². The van der Waals surface area contributed by atoms with Crippen LogP contribution in [0.25, 0.3) is 6.08 Å². The SMILES string of the molecule is CCOc1cc(/C=C(/C#N)C(=O)Nc2cccc(C(=O)O)c2)cc(I)c1OCC(=O)Nc1ccc(F)cc1. The summed E-state index contributed by atoms with van der Waals surface area (Å²) in [6, 6.07) is 16.0. The van der Waals surface area contributed by atoms with E-state index in [2.05, 4.69) is 10.6 Å². The van der Waals surface area contributed by atoms with E-state index >= 15 is 0 Å². The molecule has 2 amide bonds. The Labute approximate surface area is 231 Å². The second-order valence-electron chi connectivity index (χ2n) is 7.62. The van der Waals surface area contributed by atoms with Gasteiger partial charge in [0.15, 0.2) is 18.1 Å². The predicted octanol–water partition coefficient (Wildman–Crippen LogP) is 5.09. The van der Waals surface area contributed by atoms with Crippen LogP contribution in [0.1, 0.15) is 22.8 Å². The number of carbonyl (C=O) groups is 3. The van der Waals surface area contributed by atoms with E-state index in [0.29, 0.717) is 26.3 Å². The van der Waals surface area contributed by atoms with Crippen LogP contribution >= 0.6 is 22.6 Å². The van der Waals surface area contributed by atoms with Crippen LogP contribution in [-0.4, -0.2) is 36.1 Å². The Morgan fingerprint density at radius 1 is 1.05 bits per heavy atom. The lowest BCUT2D eigenvalue weighted by molar-refractivity contribution is -0.118. The smallest absolute Gasteiger partial charge is 0.335 e. The molecule has 0 aliphatic heterocycles. The number of ether oxygens (including phenoxy) is 2. The van der Waals surface area contributed by atoms with Crippen molar-refractivity contribution in [2.75, 3.05) is 23.8 Å². The number of nitriles is 1. The van der Waals surface area contributed by atoms with Gasteiger partial charge in [0.05, 0.1) is 15.7 Å². The third-order valence-corrected chi connectivity index (χ3v) is 5.65.